The molecule has 6 nitrogen and oxygen atoms in total. The van der Waals surface area contributed by atoms with E-state index >= 15 is 0 Å². The molecule has 0 bridgehead atoms. The fourth-order valence-corrected chi connectivity index (χ4v) is 3.03. The Morgan fingerprint density at radius 1 is 1.24 bits per heavy atom. The molecule has 4 aromatic rings. The van der Waals surface area contributed by atoms with Gasteiger partial charge >= 0.3 is 0 Å². The number of rotatable bonds is 4. The lowest BCUT2D eigenvalue weighted by molar-refractivity contribution is -0.123. The van der Waals surface area contributed by atoms with E-state index < -0.39 is 0 Å². The molecular weight excluding hydrogens is 314 g/mol. The molecule has 1 atom stereocenters. The van der Waals surface area contributed by atoms with Crippen molar-refractivity contribution in [2.24, 2.45) is 0 Å². The zero-order chi connectivity index (χ0) is 17.4. The van der Waals surface area contributed by atoms with Crippen molar-refractivity contribution < 1.29 is 4.79 Å². The molecule has 3 aromatic heterocycles. The molecule has 25 heavy (non-hydrogen) atoms. The van der Waals surface area contributed by atoms with Crippen LogP contribution in [-0.2, 0) is 11.3 Å². The summed E-state index contributed by atoms with van der Waals surface area (Å²) in [6.07, 6.45) is 5.62. The standard InChI is InChI=1S/C19H19N5O/c1-13-6-5-9-23-11-15(22-18(13)23)10-20-19(25)14(2)24-12-21-16-7-3-4-8-17(16)24/h3-9,11-12,14H,10H2,1-2H3,(H,20,25)/t14-/m1/s1. The second kappa shape index (κ2) is 6.05. The number of pyridine rings is 1. The number of para-hydroxylation sites is 2. The molecule has 0 unspecified atom stereocenters. The van der Waals surface area contributed by atoms with Crippen molar-refractivity contribution in [1.82, 2.24) is 24.3 Å². The number of carbonyl (C=O) groups excluding carboxylic acids is 1. The van der Waals surface area contributed by atoms with Gasteiger partial charge in [0, 0.05) is 12.4 Å². The first-order chi connectivity index (χ1) is 12.1. The van der Waals surface area contributed by atoms with Crippen molar-refractivity contribution in [2.75, 3.05) is 0 Å². The van der Waals surface area contributed by atoms with Crippen LogP contribution in [0.3, 0.4) is 0 Å². The minimum atomic E-state index is -0.342. The number of aromatic nitrogens is 4. The van der Waals surface area contributed by atoms with Crippen LogP contribution < -0.4 is 5.32 Å². The number of benzene rings is 1. The van der Waals surface area contributed by atoms with Crippen molar-refractivity contribution in [3.63, 3.8) is 0 Å². The second-order valence-electron chi connectivity index (χ2n) is 6.19. The first kappa shape index (κ1) is 15.4. The van der Waals surface area contributed by atoms with Crippen LogP contribution >= 0.6 is 0 Å². The quantitative estimate of drug-likeness (QED) is 0.624. The van der Waals surface area contributed by atoms with E-state index in [1.807, 2.05) is 71.6 Å². The summed E-state index contributed by atoms with van der Waals surface area (Å²) < 4.78 is 3.86. The topological polar surface area (TPSA) is 64.2 Å². The number of imidazole rings is 2. The molecule has 0 radical (unpaired) electrons. The molecule has 1 amide bonds. The SMILES string of the molecule is Cc1cccn2cc(CNC(=O)[C@@H](C)n3cnc4ccccc43)nc12. The molecular formula is C19H19N5O. The third kappa shape index (κ3) is 2.76. The van der Waals surface area contributed by atoms with E-state index in [4.69, 9.17) is 0 Å². The van der Waals surface area contributed by atoms with Gasteiger partial charge in [0.05, 0.1) is 29.6 Å². The number of aryl methyl sites for hydroxylation is 1. The number of hydrogen-bond acceptors (Lipinski definition) is 3. The predicted molar refractivity (Wildman–Crippen MR) is 96.2 cm³/mol. The maximum absolute atomic E-state index is 12.5. The molecule has 0 fully saturated rings. The summed E-state index contributed by atoms with van der Waals surface area (Å²) in [5.74, 6) is -0.0584. The Labute approximate surface area is 145 Å². The van der Waals surface area contributed by atoms with Gasteiger partial charge in [-0.15, -0.1) is 0 Å². The number of amides is 1. The molecule has 1 aromatic carbocycles. The van der Waals surface area contributed by atoms with E-state index in [0.717, 1.165) is 27.9 Å². The Hall–Kier alpha value is -3.15. The van der Waals surface area contributed by atoms with Crippen LogP contribution in [0.15, 0.2) is 55.1 Å². The van der Waals surface area contributed by atoms with E-state index in [1.165, 1.54) is 0 Å². The fraction of sp³-hybridized carbons (Fsp3) is 0.211. The summed E-state index contributed by atoms with van der Waals surface area (Å²) >= 11 is 0. The second-order valence-corrected chi connectivity index (χ2v) is 6.19. The lowest BCUT2D eigenvalue weighted by Crippen LogP contribution is -2.30. The van der Waals surface area contributed by atoms with Gasteiger partial charge in [-0.3, -0.25) is 4.79 Å². The van der Waals surface area contributed by atoms with Gasteiger partial charge in [0.2, 0.25) is 5.91 Å². The summed E-state index contributed by atoms with van der Waals surface area (Å²) in [6.45, 7) is 4.30. The lowest BCUT2D eigenvalue weighted by atomic mass is 10.2. The number of nitrogens with zero attached hydrogens (tertiary/aromatic N) is 4. The minimum absolute atomic E-state index is 0.0584. The highest BCUT2D eigenvalue weighted by Crippen LogP contribution is 2.17. The van der Waals surface area contributed by atoms with Crippen molar-refractivity contribution >= 4 is 22.6 Å². The average molecular weight is 333 g/mol. The van der Waals surface area contributed by atoms with Gasteiger partial charge < -0.3 is 14.3 Å². The third-order valence-corrected chi connectivity index (χ3v) is 4.45. The third-order valence-electron chi connectivity index (χ3n) is 4.45. The highest BCUT2D eigenvalue weighted by Gasteiger charge is 2.17. The molecule has 0 saturated heterocycles. The van der Waals surface area contributed by atoms with E-state index in [9.17, 15) is 4.79 Å². The molecule has 0 aliphatic carbocycles. The number of carbonyl (C=O) groups is 1. The van der Waals surface area contributed by atoms with Crippen molar-refractivity contribution in [1.29, 1.82) is 0 Å². The first-order valence-electron chi connectivity index (χ1n) is 8.26. The Morgan fingerprint density at radius 2 is 2.08 bits per heavy atom. The molecule has 0 aliphatic heterocycles. The molecule has 0 spiro atoms. The smallest absolute Gasteiger partial charge is 0.243 e. The van der Waals surface area contributed by atoms with E-state index in [0.29, 0.717) is 6.54 Å². The molecule has 1 N–H and O–H groups in total. The van der Waals surface area contributed by atoms with Crippen molar-refractivity contribution in [3.05, 3.63) is 66.4 Å². The van der Waals surface area contributed by atoms with Gasteiger partial charge in [0.1, 0.15) is 11.7 Å². The Balaban J connectivity index is 1.50. The van der Waals surface area contributed by atoms with Crippen LogP contribution in [0.25, 0.3) is 16.7 Å². The minimum Gasteiger partial charge on any atom is -0.349 e. The molecule has 126 valence electrons. The summed E-state index contributed by atoms with van der Waals surface area (Å²) in [5, 5.41) is 2.97. The van der Waals surface area contributed by atoms with Gasteiger partial charge in [-0.05, 0) is 37.6 Å². The van der Waals surface area contributed by atoms with Crippen LogP contribution in [-0.4, -0.2) is 24.8 Å². The zero-order valence-electron chi connectivity index (χ0n) is 14.2. The maximum atomic E-state index is 12.5. The summed E-state index contributed by atoms with van der Waals surface area (Å²) in [7, 11) is 0. The van der Waals surface area contributed by atoms with Crippen LogP contribution in [0.5, 0.6) is 0 Å². The van der Waals surface area contributed by atoms with Gasteiger partial charge in [-0.2, -0.15) is 0 Å². The van der Waals surface area contributed by atoms with Crippen LogP contribution in [0.1, 0.15) is 24.2 Å². The van der Waals surface area contributed by atoms with Gasteiger partial charge in [0.15, 0.2) is 0 Å². The van der Waals surface area contributed by atoms with Crippen LogP contribution in [0.2, 0.25) is 0 Å². The number of fused-ring (bicyclic) bond motifs is 2. The summed E-state index contributed by atoms with van der Waals surface area (Å²) in [6, 6.07) is 11.5. The van der Waals surface area contributed by atoms with Crippen LogP contribution in [0, 0.1) is 6.92 Å². The first-order valence-corrected chi connectivity index (χ1v) is 8.26. The number of hydrogen-bond donors (Lipinski definition) is 1. The Kier molecular flexibility index (Phi) is 3.72. The Morgan fingerprint density at radius 3 is 2.92 bits per heavy atom. The Bertz CT molecular complexity index is 1060. The summed E-state index contributed by atoms with van der Waals surface area (Å²) in [5.41, 5.74) is 4.70. The van der Waals surface area contributed by atoms with Crippen molar-refractivity contribution in [2.45, 2.75) is 26.4 Å². The molecule has 0 aliphatic rings. The van der Waals surface area contributed by atoms with Crippen LogP contribution in [0.4, 0.5) is 0 Å². The highest BCUT2D eigenvalue weighted by molar-refractivity contribution is 5.83. The van der Waals surface area contributed by atoms with Gasteiger partial charge in [0.25, 0.3) is 0 Å². The summed E-state index contributed by atoms with van der Waals surface area (Å²) in [4.78, 5) is 21.5. The molecule has 3 heterocycles. The zero-order valence-corrected chi connectivity index (χ0v) is 14.2. The normalized spacial score (nSPS) is 12.6. The predicted octanol–water partition coefficient (Wildman–Crippen LogP) is 2.87. The fourth-order valence-electron chi connectivity index (χ4n) is 3.03. The molecule has 4 rings (SSSR count). The largest absolute Gasteiger partial charge is 0.349 e. The lowest BCUT2D eigenvalue weighted by Gasteiger charge is -2.14. The van der Waals surface area contributed by atoms with E-state index in [1.54, 1.807) is 6.33 Å². The van der Waals surface area contributed by atoms with Gasteiger partial charge in [-0.25, -0.2) is 9.97 Å². The van der Waals surface area contributed by atoms with E-state index in [2.05, 4.69) is 15.3 Å². The van der Waals surface area contributed by atoms with Gasteiger partial charge in [-0.1, -0.05) is 18.2 Å². The van der Waals surface area contributed by atoms with Crippen molar-refractivity contribution in [3.8, 4) is 0 Å². The number of nitrogens with one attached hydrogen (secondary N) is 1. The highest BCUT2D eigenvalue weighted by atomic mass is 16.2. The molecule has 6 heteroatoms. The molecule has 0 saturated carbocycles. The monoisotopic (exact) mass is 333 g/mol. The van der Waals surface area contributed by atoms with E-state index in [-0.39, 0.29) is 11.9 Å². The maximum Gasteiger partial charge on any atom is 0.243 e. The average Bonchev–Trinajstić information content (AvgIpc) is 3.23.